The SMILES string of the molecule is OC(CC(F)(F)C(F)F)c1cn[nH]c1. The first-order valence-electron chi connectivity index (χ1n) is 3.76. The molecule has 0 amide bonds. The largest absolute Gasteiger partial charge is 0.388 e. The highest BCUT2D eigenvalue weighted by Crippen LogP contribution is 2.32. The van der Waals surface area contributed by atoms with E-state index < -0.39 is 24.9 Å². The fourth-order valence-electron chi connectivity index (χ4n) is 0.908. The summed E-state index contributed by atoms with van der Waals surface area (Å²) in [4.78, 5) is 0. The van der Waals surface area contributed by atoms with E-state index >= 15 is 0 Å². The van der Waals surface area contributed by atoms with Crippen LogP contribution in [0.5, 0.6) is 0 Å². The first kappa shape index (κ1) is 11.0. The van der Waals surface area contributed by atoms with Gasteiger partial charge in [-0.1, -0.05) is 0 Å². The van der Waals surface area contributed by atoms with E-state index in [-0.39, 0.29) is 5.56 Å². The van der Waals surface area contributed by atoms with Gasteiger partial charge in [-0.2, -0.15) is 5.10 Å². The molecule has 0 aliphatic heterocycles. The number of aromatic amines is 1. The number of halogens is 4. The van der Waals surface area contributed by atoms with Crippen LogP contribution in [0.2, 0.25) is 0 Å². The number of aliphatic hydroxyl groups is 1. The van der Waals surface area contributed by atoms with Gasteiger partial charge in [0.05, 0.1) is 12.3 Å². The Bertz CT molecular complexity index is 275. The van der Waals surface area contributed by atoms with Crippen LogP contribution in [-0.2, 0) is 0 Å². The van der Waals surface area contributed by atoms with Gasteiger partial charge in [0.2, 0.25) is 0 Å². The van der Waals surface area contributed by atoms with E-state index in [1.54, 1.807) is 0 Å². The third-order valence-corrected chi connectivity index (χ3v) is 1.69. The summed E-state index contributed by atoms with van der Waals surface area (Å²) in [6.07, 6.45) is -4.45. The van der Waals surface area contributed by atoms with Crippen molar-refractivity contribution in [2.75, 3.05) is 0 Å². The molecule has 0 saturated carbocycles. The van der Waals surface area contributed by atoms with Crippen LogP contribution in [0.15, 0.2) is 12.4 Å². The monoisotopic (exact) mass is 212 g/mol. The van der Waals surface area contributed by atoms with Gasteiger partial charge in [0.1, 0.15) is 0 Å². The average Bonchev–Trinajstić information content (AvgIpc) is 2.54. The Kier molecular flexibility index (Phi) is 3.10. The molecule has 80 valence electrons. The number of aliphatic hydroxyl groups excluding tert-OH is 1. The highest BCUT2D eigenvalue weighted by molar-refractivity contribution is 5.07. The van der Waals surface area contributed by atoms with E-state index in [9.17, 15) is 17.6 Å². The fraction of sp³-hybridized carbons (Fsp3) is 0.571. The van der Waals surface area contributed by atoms with Crippen LogP contribution in [0, 0.1) is 0 Å². The number of alkyl halides is 4. The van der Waals surface area contributed by atoms with Crippen molar-refractivity contribution >= 4 is 0 Å². The van der Waals surface area contributed by atoms with Crippen molar-refractivity contribution in [2.24, 2.45) is 0 Å². The van der Waals surface area contributed by atoms with Gasteiger partial charge in [0.25, 0.3) is 0 Å². The Morgan fingerprint density at radius 3 is 2.57 bits per heavy atom. The molecule has 2 N–H and O–H groups in total. The van der Waals surface area contributed by atoms with Crippen molar-refractivity contribution in [1.82, 2.24) is 10.2 Å². The molecule has 3 nitrogen and oxygen atoms in total. The molecule has 14 heavy (non-hydrogen) atoms. The number of hydrogen-bond acceptors (Lipinski definition) is 2. The Balaban J connectivity index is 2.61. The highest BCUT2D eigenvalue weighted by atomic mass is 19.3. The van der Waals surface area contributed by atoms with Gasteiger partial charge in [0.15, 0.2) is 0 Å². The Morgan fingerprint density at radius 2 is 2.14 bits per heavy atom. The molecule has 0 saturated heterocycles. The van der Waals surface area contributed by atoms with Crippen LogP contribution < -0.4 is 0 Å². The van der Waals surface area contributed by atoms with E-state index in [2.05, 4.69) is 10.2 Å². The number of nitrogens with zero attached hydrogens (tertiary/aromatic N) is 1. The van der Waals surface area contributed by atoms with Gasteiger partial charge < -0.3 is 5.11 Å². The fourth-order valence-corrected chi connectivity index (χ4v) is 0.908. The number of hydrogen-bond donors (Lipinski definition) is 2. The lowest BCUT2D eigenvalue weighted by Crippen LogP contribution is -2.28. The maximum absolute atomic E-state index is 12.4. The van der Waals surface area contributed by atoms with Crippen LogP contribution in [0.3, 0.4) is 0 Å². The highest BCUT2D eigenvalue weighted by Gasteiger charge is 2.42. The smallest absolute Gasteiger partial charge is 0.310 e. The van der Waals surface area contributed by atoms with E-state index in [0.717, 1.165) is 6.20 Å². The molecule has 1 aromatic rings. The standard InChI is InChI=1S/C7H8F4N2O/c8-6(9)7(10,11)1-5(14)4-2-12-13-3-4/h2-3,5-6,14H,1H2,(H,12,13). The molecule has 0 aliphatic carbocycles. The minimum atomic E-state index is -4.18. The maximum Gasteiger partial charge on any atom is 0.310 e. The molecule has 0 aromatic carbocycles. The second-order valence-electron chi connectivity index (χ2n) is 2.81. The number of rotatable bonds is 4. The molecular weight excluding hydrogens is 204 g/mol. The molecule has 1 heterocycles. The summed E-state index contributed by atoms with van der Waals surface area (Å²) in [6, 6.07) is 0. The zero-order valence-electron chi connectivity index (χ0n) is 6.92. The lowest BCUT2D eigenvalue weighted by atomic mass is 10.1. The summed E-state index contributed by atoms with van der Waals surface area (Å²) >= 11 is 0. The molecule has 0 spiro atoms. The Hall–Kier alpha value is -1.11. The molecule has 1 unspecified atom stereocenters. The van der Waals surface area contributed by atoms with Gasteiger partial charge in [-0.05, 0) is 0 Å². The average molecular weight is 212 g/mol. The zero-order chi connectivity index (χ0) is 10.8. The summed E-state index contributed by atoms with van der Waals surface area (Å²) in [7, 11) is 0. The molecule has 1 atom stereocenters. The van der Waals surface area contributed by atoms with Crippen LogP contribution >= 0.6 is 0 Å². The first-order valence-corrected chi connectivity index (χ1v) is 3.76. The van der Waals surface area contributed by atoms with E-state index in [1.807, 2.05) is 0 Å². The van der Waals surface area contributed by atoms with Crippen LogP contribution in [0.25, 0.3) is 0 Å². The van der Waals surface area contributed by atoms with Gasteiger partial charge in [0, 0.05) is 18.2 Å². The van der Waals surface area contributed by atoms with Crippen molar-refractivity contribution in [3.63, 3.8) is 0 Å². The molecule has 1 rings (SSSR count). The second kappa shape index (κ2) is 3.95. The summed E-state index contributed by atoms with van der Waals surface area (Å²) in [6.45, 7) is 0. The summed E-state index contributed by atoms with van der Waals surface area (Å²) in [5.74, 6) is -4.18. The van der Waals surface area contributed by atoms with Gasteiger partial charge in [-0.25, -0.2) is 17.6 Å². The lowest BCUT2D eigenvalue weighted by molar-refractivity contribution is -0.149. The zero-order valence-corrected chi connectivity index (χ0v) is 6.92. The van der Waals surface area contributed by atoms with Crippen molar-refractivity contribution < 1.29 is 22.7 Å². The van der Waals surface area contributed by atoms with E-state index in [4.69, 9.17) is 5.11 Å². The predicted octanol–water partition coefficient (Wildman–Crippen LogP) is 1.73. The van der Waals surface area contributed by atoms with Crippen molar-refractivity contribution in [1.29, 1.82) is 0 Å². The molecular formula is C7H8F4N2O. The third-order valence-electron chi connectivity index (χ3n) is 1.69. The summed E-state index contributed by atoms with van der Waals surface area (Å²) in [5.41, 5.74) is 0.0605. The summed E-state index contributed by atoms with van der Waals surface area (Å²) in [5, 5.41) is 14.8. The Labute approximate surface area is 76.7 Å². The third kappa shape index (κ3) is 2.44. The quantitative estimate of drug-likeness (QED) is 0.746. The molecule has 0 radical (unpaired) electrons. The number of nitrogens with one attached hydrogen (secondary N) is 1. The maximum atomic E-state index is 12.4. The minimum absolute atomic E-state index is 0.0605. The van der Waals surface area contributed by atoms with Crippen LogP contribution in [0.1, 0.15) is 18.1 Å². The normalized spacial score (nSPS) is 14.7. The van der Waals surface area contributed by atoms with Gasteiger partial charge in [-0.3, -0.25) is 5.10 Å². The van der Waals surface area contributed by atoms with Gasteiger partial charge in [-0.15, -0.1) is 0 Å². The number of aromatic nitrogens is 2. The molecule has 0 aliphatic rings. The second-order valence-corrected chi connectivity index (χ2v) is 2.81. The lowest BCUT2D eigenvalue weighted by Gasteiger charge is -2.17. The van der Waals surface area contributed by atoms with E-state index in [1.165, 1.54) is 6.20 Å². The summed E-state index contributed by atoms with van der Waals surface area (Å²) < 4.78 is 48.4. The molecule has 0 bridgehead atoms. The van der Waals surface area contributed by atoms with Crippen LogP contribution in [0.4, 0.5) is 17.6 Å². The molecule has 1 aromatic heterocycles. The Morgan fingerprint density at radius 1 is 1.50 bits per heavy atom. The van der Waals surface area contributed by atoms with Crippen molar-refractivity contribution in [3.05, 3.63) is 18.0 Å². The van der Waals surface area contributed by atoms with Crippen molar-refractivity contribution in [3.8, 4) is 0 Å². The van der Waals surface area contributed by atoms with Gasteiger partial charge >= 0.3 is 12.3 Å². The molecule has 0 fully saturated rings. The first-order chi connectivity index (χ1) is 6.43. The predicted molar refractivity (Wildman–Crippen MR) is 39.1 cm³/mol. The van der Waals surface area contributed by atoms with Crippen molar-refractivity contribution in [2.45, 2.75) is 24.9 Å². The molecule has 7 heteroatoms. The minimum Gasteiger partial charge on any atom is -0.388 e. The topological polar surface area (TPSA) is 48.9 Å². The van der Waals surface area contributed by atoms with E-state index in [0.29, 0.717) is 0 Å². The number of H-pyrrole nitrogens is 1. The van der Waals surface area contributed by atoms with Crippen LogP contribution in [-0.4, -0.2) is 27.7 Å².